The van der Waals surface area contributed by atoms with Crippen LogP contribution in [-0.4, -0.2) is 31.6 Å². The maximum absolute atomic E-state index is 11.8. The molecule has 0 radical (unpaired) electrons. The molecule has 0 saturated carbocycles. The zero-order valence-electron chi connectivity index (χ0n) is 9.15. The number of piperidine rings is 1. The maximum atomic E-state index is 11.8. The number of sulfonamides is 1. The van der Waals surface area contributed by atoms with Crippen molar-refractivity contribution < 1.29 is 8.42 Å². The highest BCUT2D eigenvalue weighted by Crippen LogP contribution is 2.19. The van der Waals surface area contributed by atoms with E-state index in [2.05, 4.69) is 6.92 Å². The molecule has 0 aliphatic carbocycles. The molecule has 1 aliphatic heterocycles. The standard InChI is InChI=1S/C10H18N2O2S/c1-10-5-4-7-12(9-10)15(13,14)8-3-2-6-11/h10H,2-5,7-9H2,1H3. The first kappa shape index (κ1) is 12.5. The minimum absolute atomic E-state index is 0.118. The minimum atomic E-state index is -3.11. The van der Waals surface area contributed by atoms with E-state index < -0.39 is 10.0 Å². The van der Waals surface area contributed by atoms with Crippen LogP contribution < -0.4 is 0 Å². The van der Waals surface area contributed by atoms with Crippen molar-refractivity contribution in [3.63, 3.8) is 0 Å². The molecule has 0 amide bonds. The summed E-state index contributed by atoms with van der Waals surface area (Å²) in [6, 6.07) is 1.97. The average Bonchev–Trinajstić information content (AvgIpc) is 2.18. The van der Waals surface area contributed by atoms with E-state index in [1.54, 1.807) is 4.31 Å². The van der Waals surface area contributed by atoms with E-state index in [1.807, 2.05) is 6.07 Å². The normalized spacial score (nSPS) is 23.6. The molecule has 4 nitrogen and oxygen atoms in total. The van der Waals surface area contributed by atoms with Crippen LogP contribution in [0.2, 0.25) is 0 Å². The Morgan fingerprint density at radius 2 is 2.27 bits per heavy atom. The first-order valence-electron chi connectivity index (χ1n) is 5.41. The van der Waals surface area contributed by atoms with Gasteiger partial charge in [0.1, 0.15) is 0 Å². The third-order valence-corrected chi connectivity index (χ3v) is 4.63. The molecule has 0 N–H and O–H groups in total. The van der Waals surface area contributed by atoms with Crippen LogP contribution in [0.4, 0.5) is 0 Å². The smallest absolute Gasteiger partial charge is 0.212 e. The van der Waals surface area contributed by atoms with E-state index in [1.165, 1.54) is 0 Å². The molecular formula is C10H18N2O2S. The molecule has 0 aromatic rings. The van der Waals surface area contributed by atoms with Gasteiger partial charge >= 0.3 is 0 Å². The molecule has 86 valence electrons. The molecule has 0 spiro atoms. The highest BCUT2D eigenvalue weighted by atomic mass is 32.2. The zero-order chi connectivity index (χ0) is 11.3. The van der Waals surface area contributed by atoms with Crippen LogP contribution in [0, 0.1) is 17.2 Å². The average molecular weight is 230 g/mol. The van der Waals surface area contributed by atoms with Crippen molar-refractivity contribution in [2.75, 3.05) is 18.8 Å². The molecule has 1 saturated heterocycles. The molecule has 1 heterocycles. The van der Waals surface area contributed by atoms with Crippen LogP contribution in [0.5, 0.6) is 0 Å². The SMILES string of the molecule is CC1CCCN(S(=O)(=O)CCCC#N)C1. The molecule has 1 rings (SSSR count). The van der Waals surface area contributed by atoms with Gasteiger partial charge in [0.05, 0.1) is 11.8 Å². The lowest BCUT2D eigenvalue weighted by molar-refractivity contribution is 0.281. The zero-order valence-corrected chi connectivity index (χ0v) is 9.96. The Bertz CT molecular complexity index is 332. The van der Waals surface area contributed by atoms with Crippen molar-refractivity contribution in [2.45, 2.75) is 32.6 Å². The molecular weight excluding hydrogens is 212 g/mol. The van der Waals surface area contributed by atoms with Crippen molar-refractivity contribution in [3.8, 4) is 6.07 Å². The number of nitriles is 1. The first-order chi connectivity index (χ1) is 7.06. The summed E-state index contributed by atoms with van der Waals surface area (Å²) in [4.78, 5) is 0. The molecule has 0 aromatic carbocycles. The van der Waals surface area contributed by atoms with Crippen LogP contribution >= 0.6 is 0 Å². The predicted octanol–water partition coefficient (Wildman–Crippen LogP) is 1.35. The number of hydrogen-bond donors (Lipinski definition) is 0. The molecule has 5 heteroatoms. The number of rotatable bonds is 4. The monoisotopic (exact) mass is 230 g/mol. The van der Waals surface area contributed by atoms with Crippen molar-refractivity contribution in [3.05, 3.63) is 0 Å². The molecule has 1 atom stereocenters. The molecule has 1 aliphatic rings. The van der Waals surface area contributed by atoms with Crippen molar-refractivity contribution in [2.24, 2.45) is 5.92 Å². The molecule has 15 heavy (non-hydrogen) atoms. The molecule has 0 bridgehead atoms. The topological polar surface area (TPSA) is 61.2 Å². The fourth-order valence-electron chi connectivity index (χ4n) is 1.86. The Labute approximate surface area is 91.9 Å². The summed E-state index contributed by atoms with van der Waals surface area (Å²) in [6.07, 6.45) is 2.84. The second-order valence-electron chi connectivity index (χ2n) is 4.18. The Balaban J connectivity index is 2.49. The van der Waals surface area contributed by atoms with Crippen molar-refractivity contribution >= 4 is 10.0 Å². The van der Waals surface area contributed by atoms with Gasteiger partial charge in [-0.25, -0.2) is 12.7 Å². The van der Waals surface area contributed by atoms with E-state index in [9.17, 15) is 8.42 Å². The van der Waals surface area contributed by atoms with Crippen LogP contribution in [0.25, 0.3) is 0 Å². The van der Waals surface area contributed by atoms with Gasteiger partial charge in [0, 0.05) is 19.5 Å². The largest absolute Gasteiger partial charge is 0.214 e. The highest BCUT2D eigenvalue weighted by Gasteiger charge is 2.26. The summed E-state index contributed by atoms with van der Waals surface area (Å²) >= 11 is 0. The summed E-state index contributed by atoms with van der Waals surface area (Å²) in [5.74, 6) is 0.581. The lowest BCUT2D eigenvalue weighted by Crippen LogP contribution is -2.40. The fourth-order valence-corrected chi connectivity index (χ4v) is 3.52. The van der Waals surface area contributed by atoms with Gasteiger partial charge in [0.15, 0.2) is 0 Å². The summed E-state index contributed by atoms with van der Waals surface area (Å²) in [7, 11) is -3.11. The summed E-state index contributed by atoms with van der Waals surface area (Å²) in [5.41, 5.74) is 0. The highest BCUT2D eigenvalue weighted by molar-refractivity contribution is 7.89. The lowest BCUT2D eigenvalue weighted by atomic mass is 10.0. The van der Waals surface area contributed by atoms with Crippen molar-refractivity contribution in [1.82, 2.24) is 4.31 Å². The van der Waals surface area contributed by atoms with Gasteiger partial charge in [0.25, 0.3) is 0 Å². The minimum Gasteiger partial charge on any atom is -0.212 e. The third kappa shape index (κ3) is 3.80. The Morgan fingerprint density at radius 1 is 1.53 bits per heavy atom. The Morgan fingerprint density at radius 3 is 2.87 bits per heavy atom. The molecule has 0 aromatic heterocycles. The van der Waals surface area contributed by atoms with E-state index in [-0.39, 0.29) is 5.75 Å². The van der Waals surface area contributed by atoms with Gasteiger partial charge in [-0.05, 0) is 25.2 Å². The molecule has 1 unspecified atom stereocenters. The van der Waals surface area contributed by atoms with Crippen LogP contribution in [0.15, 0.2) is 0 Å². The predicted molar refractivity (Wildman–Crippen MR) is 58.6 cm³/mol. The number of unbranched alkanes of at least 4 members (excludes halogenated alkanes) is 1. The number of nitrogens with zero attached hydrogens (tertiary/aromatic N) is 2. The second-order valence-corrected chi connectivity index (χ2v) is 6.27. The van der Waals surface area contributed by atoms with E-state index in [0.717, 1.165) is 12.8 Å². The summed E-state index contributed by atoms with van der Waals surface area (Å²) < 4.78 is 25.2. The van der Waals surface area contributed by atoms with E-state index in [4.69, 9.17) is 5.26 Å². The van der Waals surface area contributed by atoms with Gasteiger partial charge in [-0.2, -0.15) is 5.26 Å². The van der Waals surface area contributed by atoms with Crippen LogP contribution in [0.1, 0.15) is 32.6 Å². The second kappa shape index (κ2) is 5.47. The number of hydrogen-bond acceptors (Lipinski definition) is 3. The van der Waals surface area contributed by atoms with Gasteiger partial charge < -0.3 is 0 Å². The summed E-state index contributed by atoms with van der Waals surface area (Å²) in [6.45, 7) is 3.38. The third-order valence-electron chi connectivity index (χ3n) is 2.70. The van der Waals surface area contributed by atoms with Crippen molar-refractivity contribution in [1.29, 1.82) is 5.26 Å². The van der Waals surface area contributed by atoms with Crippen LogP contribution in [-0.2, 0) is 10.0 Å². The fraction of sp³-hybridized carbons (Fsp3) is 0.900. The Kier molecular flexibility index (Phi) is 4.55. The first-order valence-corrected chi connectivity index (χ1v) is 7.02. The van der Waals surface area contributed by atoms with Crippen LogP contribution in [0.3, 0.4) is 0 Å². The van der Waals surface area contributed by atoms with Gasteiger partial charge in [0.2, 0.25) is 10.0 Å². The van der Waals surface area contributed by atoms with Gasteiger partial charge in [-0.1, -0.05) is 6.92 Å². The van der Waals surface area contributed by atoms with E-state index in [0.29, 0.717) is 31.8 Å². The van der Waals surface area contributed by atoms with E-state index >= 15 is 0 Å². The van der Waals surface area contributed by atoms with Gasteiger partial charge in [-0.15, -0.1) is 0 Å². The lowest BCUT2D eigenvalue weighted by Gasteiger charge is -2.29. The summed E-state index contributed by atoms with van der Waals surface area (Å²) in [5, 5.41) is 8.36. The Hall–Kier alpha value is -0.600. The quantitative estimate of drug-likeness (QED) is 0.685. The molecule has 1 fully saturated rings. The van der Waals surface area contributed by atoms with Gasteiger partial charge in [-0.3, -0.25) is 0 Å². The maximum Gasteiger partial charge on any atom is 0.214 e.